The fraction of sp³-hybridized carbons (Fsp3) is 0.684. The lowest BCUT2D eigenvalue weighted by Gasteiger charge is -2.14. The summed E-state index contributed by atoms with van der Waals surface area (Å²) in [6, 6.07) is 6.05. The molecule has 0 bridgehead atoms. The molecule has 4 heteroatoms. The van der Waals surface area contributed by atoms with E-state index in [1.165, 1.54) is 51.4 Å². The van der Waals surface area contributed by atoms with Crippen molar-refractivity contribution >= 4 is 0 Å². The van der Waals surface area contributed by atoms with Gasteiger partial charge in [-0.2, -0.15) is 5.26 Å². The monoisotopic (exact) mass is 317 g/mol. The Bertz CT molecular complexity index is 439. The van der Waals surface area contributed by atoms with Crippen molar-refractivity contribution in [2.75, 3.05) is 13.2 Å². The number of nitrogens with one attached hydrogen (secondary N) is 1. The van der Waals surface area contributed by atoms with Crippen LogP contribution in [0.4, 0.5) is 0 Å². The van der Waals surface area contributed by atoms with Crippen molar-refractivity contribution in [2.45, 2.75) is 71.3 Å². The van der Waals surface area contributed by atoms with E-state index in [0.717, 1.165) is 12.1 Å². The topological polar surface area (TPSA) is 57.9 Å². The first-order chi connectivity index (χ1) is 11.3. The first-order valence-corrected chi connectivity index (χ1v) is 8.97. The lowest BCUT2D eigenvalue weighted by atomic mass is 10.1. The molecule has 0 saturated heterocycles. The zero-order chi connectivity index (χ0) is 16.8. The molecule has 1 atom stereocenters. The van der Waals surface area contributed by atoms with Crippen molar-refractivity contribution in [3.05, 3.63) is 23.9 Å². The highest BCUT2D eigenvalue weighted by Crippen LogP contribution is 2.15. The average molecular weight is 317 g/mol. The average Bonchev–Trinajstić information content (AvgIpc) is 2.58. The van der Waals surface area contributed by atoms with Gasteiger partial charge in [0.05, 0.1) is 0 Å². The van der Waals surface area contributed by atoms with Gasteiger partial charge in [0.1, 0.15) is 6.07 Å². The summed E-state index contributed by atoms with van der Waals surface area (Å²) in [6.07, 6.45) is 12.6. The van der Waals surface area contributed by atoms with E-state index < -0.39 is 0 Å². The fourth-order valence-corrected chi connectivity index (χ4v) is 2.53. The lowest BCUT2D eigenvalue weighted by molar-refractivity contribution is 0.353. The number of nitrogens with zero attached hydrogens (tertiary/aromatic N) is 2. The first-order valence-electron chi connectivity index (χ1n) is 8.97. The predicted octanol–water partition coefficient (Wildman–Crippen LogP) is 4.78. The van der Waals surface area contributed by atoms with Gasteiger partial charge in [-0.3, -0.25) is 0 Å². The van der Waals surface area contributed by atoms with Gasteiger partial charge < -0.3 is 10.1 Å². The van der Waals surface area contributed by atoms with Crippen molar-refractivity contribution in [3.63, 3.8) is 0 Å². The molecule has 0 unspecified atom stereocenters. The van der Waals surface area contributed by atoms with Crippen LogP contribution in [0.5, 0.6) is 5.88 Å². The van der Waals surface area contributed by atoms with Crippen LogP contribution in [-0.2, 0) is 0 Å². The predicted molar refractivity (Wildman–Crippen MR) is 94.4 cm³/mol. The number of nitriles is 1. The van der Waals surface area contributed by atoms with E-state index in [2.05, 4.69) is 24.1 Å². The van der Waals surface area contributed by atoms with E-state index >= 15 is 0 Å². The summed E-state index contributed by atoms with van der Waals surface area (Å²) < 4.78 is 5.16. The summed E-state index contributed by atoms with van der Waals surface area (Å²) in [5.74, 6) is 0.505. The number of ether oxygens (including phenoxy) is 1. The van der Waals surface area contributed by atoms with E-state index in [4.69, 9.17) is 10.00 Å². The number of unbranched alkanes of at least 4 members (excludes halogenated alkanes) is 7. The summed E-state index contributed by atoms with van der Waals surface area (Å²) in [4.78, 5) is 4.22. The second kappa shape index (κ2) is 12.9. The van der Waals surface area contributed by atoms with Crippen LogP contribution in [0.3, 0.4) is 0 Å². The molecule has 0 spiro atoms. The lowest BCUT2D eigenvalue weighted by Crippen LogP contribution is -2.20. The van der Waals surface area contributed by atoms with Gasteiger partial charge in [0.2, 0.25) is 5.88 Å². The Kier molecular flexibility index (Phi) is 10.9. The molecule has 0 amide bonds. The van der Waals surface area contributed by atoms with E-state index in [9.17, 15) is 0 Å². The van der Waals surface area contributed by atoms with E-state index in [0.29, 0.717) is 5.88 Å². The van der Waals surface area contributed by atoms with Gasteiger partial charge in [0.25, 0.3) is 0 Å². The van der Waals surface area contributed by atoms with Crippen molar-refractivity contribution in [1.29, 1.82) is 5.26 Å². The molecule has 128 valence electrons. The molecule has 23 heavy (non-hydrogen) atoms. The second-order valence-electron chi connectivity index (χ2n) is 6.03. The standard InChI is InChI=1S/C19H31N3O/c1-3-4-5-6-7-8-9-10-14-21-17(2)18-11-12-19(22-16-18)23-15-13-20/h11-12,16-17,21H,3-10,14-15H2,1-2H3/t17-/m0/s1. The van der Waals surface area contributed by atoms with Crippen LogP contribution >= 0.6 is 0 Å². The molecule has 0 aliphatic carbocycles. The molecule has 0 saturated carbocycles. The maximum Gasteiger partial charge on any atom is 0.214 e. The quantitative estimate of drug-likeness (QED) is 0.532. The third-order valence-corrected chi connectivity index (χ3v) is 4.02. The van der Waals surface area contributed by atoms with Gasteiger partial charge in [-0.1, -0.05) is 57.9 Å². The number of hydrogen-bond acceptors (Lipinski definition) is 4. The van der Waals surface area contributed by atoms with E-state index in [1.807, 2.05) is 24.4 Å². The molecule has 0 fully saturated rings. The Labute approximate surface area is 141 Å². The second-order valence-corrected chi connectivity index (χ2v) is 6.03. The Balaban J connectivity index is 2.09. The molecular formula is C19H31N3O. The van der Waals surface area contributed by atoms with Crippen LogP contribution < -0.4 is 10.1 Å². The molecule has 1 heterocycles. The SMILES string of the molecule is CCCCCCCCCCN[C@@H](C)c1ccc(OCC#N)nc1. The highest BCUT2D eigenvalue weighted by atomic mass is 16.5. The minimum absolute atomic E-state index is 0.0403. The molecule has 1 aromatic heterocycles. The molecular weight excluding hydrogens is 286 g/mol. The third kappa shape index (κ3) is 9.20. The van der Waals surface area contributed by atoms with Crippen LogP contribution in [0.25, 0.3) is 0 Å². The normalized spacial score (nSPS) is 11.9. The number of rotatable bonds is 13. The van der Waals surface area contributed by atoms with Gasteiger partial charge in [-0.15, -0.1) is 0 Å². The minimum Gasteiger partial charge on any atom is -0.462 e. The van der Waals surface area contributed by atoms with Gasteiger partial charge in [-0.05, 0) is 25.5 Å². The summed E-state index contributed by atoms with van der Waals surface area (Å²) in [5, 5.41) is 12.0. The van der Waals surface area contributed by atoms with Gasteiger partial charge in [0.15, 0.2) is 6.61 Å². The molecule has 0 aliphatic rings. The smallest absolute Gasteiger partial charge is 0.214 e. The van der Waals surface area contributed by atoms with E-state index in [1.54, 1.807) is 0 Å². The Morgan fingerprint density at radius 1 is 1.13 bits per heavy atom. The van der Waals surface area contributed by atoms with Crippen molar-refractivity contribution < 1.29 is 4.74 Å². The van der Waals surface area contributed by atoms with Crippen molar-refractivity contribution in [2.24, 2.45) is 0 Å². The highest BCUT2D eigenvalue weighted by molar-refractivity contribution is 5.20. The van der Waals surface area contributed by atoms with Gasteiger partial charge in [-0.25, -0.2) is 4.98 Å². The van der Waals surface area contributed by atoms with Crippen LogP contribution in [0.15, 0.2) is 18.3 Å². The molecule has 0 aliphatic heterocycles. The zero-order valence-corrected chi connectivity index (χ0v) is 14.7. The number of pyridine rings is 1. The van der Waals surface area contributed by atoms with Crippen molar-refractivity contribution in [1.82, 2.24) is 10.3 Å². The molecule has 1 aromatic rings. The Hall–Kier alpha value is -1.60. The molecule has 1 rings (SSSR count). The summed E-state index contributed by atoms with van der Waals surface area (Å²) >= 11 is 0. The summed E-state index contributed by atoms with van der Waals surface area (Å²) in [5.41, 5.74) is 1.15. The van der Waals surface area contributed by atoms with E-state index in [-0.39, 0.29) is 12.6 Å². The highest BCUT2D eigenvalue weighted by Gasteiger charge is 2.05. The van der Waals surface area contributed by atoms with Crippen molar-refractivity contribution in [3.8, 4) is 11.9 Å². The third-order valence-electron chi connectivity index (χ3n) is 4.02. The number of hydrogen-bond donors (Lipinski definition) is 1. The molecule has 1 N–H and O–H groups in total. The first kappa shape index (κ1) is 19.4. The maximum absolute atomic E-state index is 8.47. The van der Waals surface area contributed by atoms with Crippen LogP contribution in [0.2, 0.25) is 0 Å². The summed E-state index contributed by atoms with van der Waals surface area (Å²) in [6.45, 7) is 5.49. The Morgan fingerprint density at radius 2 is 1.83 bits per heavy atom. The number of aromatic nitrogens is 1. The molecule has 0 radical (unpaired) electrons. The molecule has 0 aromatic carbocycles. The molecule has 4 nitrogen and oxygen atoms in total. The summed E-state index contributed by atoms with van der Waals surface area (Å²) in [7, 11) is 0. The Morgan fingerprint density at radius 3 is 2.43 bits per heavy atom. The van der Waals surface area contributed by atoms with Crippen LogP contribution in [0, 0.1) is 11.3 Å². The van der Waals surface area contributed by atoms with Gasteiger partial charge >= 0.3 is 0 Å². The van der Waals surface area contributed by atoms with Crippen LogP contribution in [0.1, 0.15) is 76.8 Å². The van der Waals surface area contributed by atoms with Crippen LogP contribution in [-0.4, -0.2) is 18.1 Å². The maximum atomic E-state index is 8.47. The zero-order valence-electron chi connectivity index (χ0n) is 14.7. The van der Waals surface area contributed by atoms with Gasteiger partial charge in [0, 0.05) is 18.3 Å². The largest absolute Gasteiger partial charge is 0.462 e. The minimum atomic E-state index is 0.0403. The fourth-order valence-electron chi connectivity index (χ4n) is 2.53.